The van der Waals surface area contributed by atoms with Gasteiger partial charge in [-0.25, -0.2) is 4.79 Å². The van der Waals surface area contributed by atoms with Crippen LogP contribution in [0.15, 0.2) is 22.6 Å². The van der Waals surface area contributed by atoms with E-state index in [1.165, 1.54) is 0 Å². The monoisotopic (exact) mass is 319 g/mol. The highest BCUT2D eigenvalue weighted by molar-refractivity contribution is 5.97. The van der Waals surface area contributed by atoms with Crippen LogP contribution in [-0.4, -0.2) is 29.8 Å². The van der Waals surface area contributed by atoms with Crippen LogP contribution >= 0.6 is 0 Å². The first-order chi connectivity index (χ1) is 10.8. The molecule has 2 N–H and O–H groups in total. The van der Waals surface area contributed by atoms with Gasteiger partial charge in [-0.05, 0) is 59.2 Å². The molecule has 1 aromatic heterocycles. The lowest BCUT2D eigenvalue weighted by Crippen LogP contribution is -2.36. The number of nitrogens with one attached hydrogen (secondary N) is 1. The van der Waals surface area contributed by atoms with Crippen LogP contribution in [0.3, 0.4) is 0 Å². The van der Waals surface area contributed by atoms with Crippen molar-refractivity contribution in [2.24, 2.45) is 0 Å². The second-order valence-electron chi connectivity index (χ2n) is 6.72. The number of hydrogen-bond donors (Lipinski definition) is 2. The topological polar surface area (TPSA) is 71.7 Å². The average Bonchev–Trinajstić information content (AvgIpc) is 2.80. The number of carbonyl (C=O) groups is 1. The maximum atomic E-state index is 11.2. The third-order valence-electron chi connectivity index (χ3n) is 3.59. The lowest BCUT2D eigenvalue weighted by molar-refractivity contribution is 0.0664. The largest absolute Gasteiger partial charge is 0.493 e. The standard InChI is InChI=1S/C18H25NO4/c1-12-15-13(22-11-6-5-10-19-18(2,3)4)8-7-9-14(15)23-16(12)17(20)21/h7-9,19H,5-6,10-11H2,1-4H3,(H,20,21). The molecule has 0 saturated carbocycles. The second kappa shape index (κ2) is 7.04. The fraction of sp³-hybridized carbons (Fsp3) is 0.500. The highest BCUT2D eigenvalue weighted by atomic mass is 16.5. The maximum Gasteiger partial charge on any atom is 0.372 e. The quantitative estimate of drug-likeness (QED) is 0.755. The zero-order valence-corrected chi connectivity index (χ0v) is 14.2. The van der Waals surface area contributed by atoms with Crippen molar-refractivity contribution >= 4 is 16.9 Å². The number of fused-ring (bicyclic) bond motifs is 1. The SMILES string of the molecule is Cc1c(C(=O)O)oc2cccc(OCCCCNC(C)(C)C)c12. The van der Waals surface area contributed by atoms with Gasteiger partial charge in [-0.1, -0.05) is 6.07 Å². The highest BCUT2D eigenvalue weighted by Gasteiger charge is 2.19. The fourth-order valence-electron chi connectivity index (χ4n) is 2.46. The molecule has 0 amide bonds. The van der Waals surface area contributed by atoms with Gasteiger partial charge in [0.1, 0.15) is 11.3 Å². The molecule has 0 unspecified atom stereocenters. The summed E-state index contributed by atoms with van der Waals surface area (Å²) in [7, 11) is 0. The Morgan fingerprint density at radius 1 is 1.30 bits per heavy atom. The van der Waals surface area contributed by atoms with E-state index in [1.54, 1.807) is 13.0 Å². The number of unbranched alkanes of at least 4 members (excludes halogenated alkanes) is 1. The molecule has 0 aliphatic carbocycles. The molecule has 126 valence electrons. The molecular formula is C18H25NO4. The maximum absolute atomic E-state index is 11.2. The fourth-order valence-corrected chi connectivity index (χ4v) is 2.46. The molecule has 2 aromatic rings. The third kappa shape index (κ3) is 4.48. The predicted molar refractivity (Wildman–Crippen MR) is 90.4 cm³/mol. The summed E-state index contributed by atoms with van der Waals surface area (Å²) in [5.74, 6) is -0.400. The van der Waals surface area contributed by atoms with Gasteiger partial charge in [-0.3, -0.25) is 0 Å². The van der Waals surface area contributed by atoms with Crippen LogP contribution in [-0.2, 0) is 0 Å². The Balaban J connectivity index is 1.97. The molecule has 5 heteroatoms. The van der Waals surface area contributed by atoms with Crippen molar-refractivity contribution < 1.29 is 19.1 Å². The Kier molecular flexibility index (Phi) is 5.31. The summed E-state index contributed by atoms with van der Waals surface area (Å²) in [6.45, 7) is 9.72. The summed E-state index contributed by atoms with van der Waals surface area (Å²) < 4.78 is 11.2. The molecule has 0 spiro atoms. The van der Waals surface area contributed by atoms with E-state index in [0.29, 0.717) is 23.5 Å². The molecule has 2 rings (SSSR count). The third-order valence-corrected chi connectivity index (χ3v) is 3.59. The van der Waals surface area contributed by atoms with E-state index in [1.807, 2.05) is 12.1 Å². The van der Waals surface area contributed by atoms with Gasteiger partial charge < -0.3 is 19.6 Å². The molecule has 0 radical (unpaired) electrons. The molecule has 0 aliphatic heterocycles. The number of furan rings is 1. The summed E-state index contributed by atoms with van der Waals surface area (Å²) in [5, 5.41) is 13.3. The Bertz CT molecular complexity index is 682. The van der Waals surface area contributed by atoms with Gasteiger partial charge in [0.15, 0.2) is 0 Å². The molecule has 0 atom stereocenters. The molecule has 0 bridgehead atoms. The minimum absolute atomic E-state index is 0.0228. The first-order valence-corrected chi connectivity index (χ1v) is 7.93. The van der Waals surface area contributed by atoms with E-state index >= 15 is 0 Å². The van der Waals surface area contributed by atoms with Crippen LogP contribution < -0.4 is 10.1 Å². The minimum atomic E-state index is -1.06. The second-order valence-corrected chi connectivity index (χ2v) is 6.72. The average molecular weight is 319 g/mol. The number of rotatable bonds is 7. The van der Waals surface area contributed by atoms with Crippen LogP contribution in [0.2, 0.25) is 0 Å². The van der Waals surface area contributed by atoms with Crippen molar-refractivity contribution in [2.75, 3.05) is 13.2 Å². The minimum Gasteiger partial charge on any atom is -0.493 e. The Morgan fingerprint density at radius 3 is 2.70 bits per heavy atom. The summed E-state index contributed by atoms with van der Waals surface area (Å²) in [5.41, 5.74) is 1.29. The van der Waals surface area contributed by atoms with E-state index in [9.17, 15) is 4.79 Å². The van der Waals surface area contributed by atoms with Crippen molar-refractivity contribution in [1.82, 2.24) is 5.32 Å². The van der Waals surface area contributed by atoms with E-state index in [2.05, 4.69) is 26.1 Å². The number of aryl methyl sites for hydroxylation is 1. The van der Waals surface area contributed by atoms with Crippen LogP contribution in [0.5, 0.6) is 5.75 Å². The van der Waals surface area contributed by atoms with Gasteiger partial charge in [-0.2, -0.15) is 0 Å². The summed E-state index contributed by atoms with van der Waals surface area (Å²) >= 11 is 0. The van der Waals surface area contributed by atoms with Crippen molar-refractivity contribution in [3.05, 3.63) is 29.5 Å². The molecule has 1 aromatic carbocycles. The lowest BCUT2D eigenvalue weighted by atomic mass is 10.1. The van der Waals surface area contributed by atoms with Crippen molar-refractivity contribution in [2.45, 2.75) is 46.1 Å². The van der Waals surface area contributed by atoms with Crippen LogP contribution in [0.4, 0.5) is 0 Å². The summed E-state index contributed by atoms with van der Waals surface area (Å²) in [6, 6.07) is 5.42. The number of carboxylic acids is 1. The van der Waals surface area contributed by atoms with Gasteiger partial charge in [-0.15, -0.1) is 0 Å². The van der Waals surface area contributed by atoms with E-state index in [-0.39, 0.29) is 11.3 Å². The van der Waals surface area contributed by atoms with E-state index in [4.69, 9.17) is 14.3 Å². The predicted octanol–water partition coefficient (Wildman–Crippen LogP) is 3.99. The number of hydrogen-bond acceptors (Lipinski definition) is 4. The molecule has 0 fully saturated rings. The lowest BCUT2D eigenvalue weighted by Gasteiger charge is -2.20. The van der Waals surface area contributed by atoms with E-state index < -0.39 is 5.97 Å². The van der Waals surface area contributed by atoms with Crippen molar-refractivity contribution in [3.63, 3.8) is 0 Å². The van der Waals surface area contributed by atoms with E-state index in [0.717, 1.165) is 24.8 Å². The first-order valence-electron chi connectivity index (χ1n) is 7.93. The van der Waals surface area contributed by atoms with Gasteiger partial charge in [0, 0.05) is 11.1 Å². The van der Waals surface area contributed by atoms with Gasteiger partial charge in [0.2, 0.25) is 5.76 Å². The van der Waals surface area contributed by atoms with Crippen LogP contribution in [0.1, 0.15) is 49.7 Å². The molecular weight excluding hydrogens is 294 g/mol. The van der Waals surface area contributed by atoms with Gasteiger partial charge in [0.25, 0.3) is 0 Å². The summed E-state index contributed by atoms with van der Waals surface area (Å²) in [4.78, 5) is 11.2. The van der Waals surface area contributed by atoms with Crippen LogP contribution in [0.25, 0.3) is 11.0 Å². The number of ether oxygens (including phenoxy) is 1. The molecule has 0 saturated heterocycles. The number of benzene rings is 1. The van der Waals surface area contributed by atoms with Crippen molar-refractivity contribution in [3.8, 4) is 5.75 Å². The number of carboxylic acid groups (broad SMARTS) is 1. The normalized spacial score (nSPS) is 11.8. The Hall–Kier alpha value is -2.01. The molecule has 5 nitrogen and oxygen atoms in total. The molecule has 1 heterocycles. The van der Waals surface area contributed by atoms with Crippen molar-refractivity contribution in [1.29, 1.82) is 0 Å². The summed E-state index contributed by atoms with van der Waals surface area (Å²) in [6.07, 6.45) is 1.96. The molecule has 23 heavy (non-hydrogen) atoms. The first kappa shape index (κ1) is 17.3. The smallest absolute Gasteiger partial charge is 0.372 e. The van der Waals surface area contributed by atoms with Crippen LogP contribution in [0, 0.1) is 6.92 Å². The zero-order chi connectivity index (χ0) is 17.0. The molecule has 0 aliphatic rings. The highest BCUT2D eigenvalue weighted by Crippen LogP contribution is 2.33. The Morgan fingerprint density at radius 2 is 2.04 bits per heavy atom. The van der Waals surface area contributed by atoms with Gasteiger partial charge in [0.05, 0.1) is 12.0 Å². The Labute approximate surface area is 136 Å². The van der Waals surface area contributed by atoms with Gasteiger partial charge >= 0.3 is 5.97 Å². The number of aromatic carboxylic acids is 1. The zero-order valence-electron chi connectivity index (χ0n) is 14.2.